The highest BCUT2D eigenvalue weighted by Gasteiger charge is 2.18. The summed E-state index contributed by atoms with van der Waals surface area (Å²) in [6.07, 6.45) is 0. The number of carbonyl (C=O) groups excluding carboxylic acids is 4. The summed E-state index contributed by atoms with van der Waals surface area (Å²) in [5.74, 6) is 0.519. The monoisotopic (exact) mass is 802 g/mol. The molecule has 0 N–H and O–H groups in total. The Bertz CT molecular complexity index is 1490. The van der Waals surface area contributed by atoms with Gasteiger partial charge in [0.2, 0.25) is 0 Å². The first kappa shape index (κ1) is 31.2. The molecule has 0 unspecified atom stereocenters. The smallest absolute Gasteiger partial charge is 0.173 e. The Morgan fingerprint density at radius 1 is 0.439 bits per heavy atom. The highest BCUT2D eigenvalue weighted by atomic mass is 79.9. The summed E-state index contributed by atoms with van der Waals surface area (Å²) in [5.41, 5.74) is 5.04. The maximum Gasteiger partial charge on any atom is 0.173 e. The first-order valence-electron chi connectivity index (χ1n) is 12.3. The van der Waals surface area contributed by atoms with Gasteiger partial charge in [0, 0.05) is 33.4 Å². The molecule has 0 fully saturated rings. The molecule has 0 saturated heterocycles. The van der Waals surface area contributed by atoms with Crippen LogP contribution in [-0.2, 0) is 0 Å². The molecule has 5 nitrogen and oxygen atoms in total. The van der Waals surface area contributed by atoms with Gasteiger partial charge < -0.3 is 4.74 Å². The lowest BCUT2D eigenvalue weighted by Gasteiger charge is -2.17. The lowest BCUT2D eigenvalue weighted by molar-refractivity contribution is 0.101. The quantitative estimate of drug-likeness (QED) is 0.106. The average Bonchev–Trinajstić information content (AvgIpc) is 3.03. The second-order valence-corrected chi connectivity index (χ2v) is 11.1. The summed E-state index contributed by atoms with van der Waals surface area (Å²) in [6, 6.07) is 24.7. The normalized spacial score (nSPS) is 10.7. The van der Waals surface area contributed by atoms with Crippen LogP contribution in [0.3, 0.4) is 0 Å². The molecule has 0 bridgehead atoms. The van der Waals surface area contributed by atoms with Gasteiger partial charge in [-0.3, -0.25) is 19.2 Å². The van der Waals surface area contributed by atoms with E-state index >= 15 is 0 Å². The van der Waals surface area contributed by atoms with Crippen LogP contribution in [0.2, 0.25) is 0 Å². The zero-order valence-corrected chi connectivity index (χ0v) is 27.8. The summed E-state index contributed by atoms with van der Waals surface area (Å²) in [4.78, 5) is 49.4. The number of halogens is 4. The zero-order valence-electron chi connectivity index (χ0n) is 21.5. The SMILES string of the molecule is O=C(CBr)c1ccc(-c2ccc(C(=O)CBr)cc2Oc2cc(C(=O)CBr)ccc2-c2ccc(C(=O)CBr)cc2)cc1. The van der Waals surface area contributed by atoms with E-state index in [4.69, 9.17) is 4.74 Å². The third kappa shape index (κ3) is 7.38. The zero-order chi connectivity index (χ0) is 29.5. The van der Waals surface area contributed by atoms with Gasteiger partial charge in [-0.2, -0.15) is 0 Å². The second-order valence-electron chi connectivity index (χ2n) is 8.91. The van der Waals surface area contributed by atoms with Crippen LogP contribution in [0.4, 0.5) is 0 Å². The molecule has 0 amide bonds. The van der Waals surface area contributed by atoms with Crippen molar-refractivity contribution in [2.24, 2.45) is 0 Å². The van der Waals surface area contributed by atoms with E-state index in [1.807, 2.05) is 24.3 Å². The van der Waals surface area contributed by atoms with E-state index in [9.17, 15) is 19.2 Å². The highest BCUT2D eigenvalue weighted by molar-refractivity contribution is 9.10. The van der Waals surface area contributed by atoms with E-state index in [1.54, 1.807) is 60.7 Å². The van der Waals surface area contributed by atoms with Crippen molar-refractivity contribution in [3.8, 4) is 33.8 Å². The van der Waals surface area contributed by atoms with Crippen LogP contribution in [-0.4, -0.2) is 44.5 Å². The molecule has 0 atom stereocenters. The fourth-order valence-electron chi connectivity index (χ4n) is 4.14. The highest BCUT2D eigenvalue weighted by Crippen LogP contribution is 2.39. The molecule has 0 aliphatic carbocycles. The van der Waals surface area contributed by atoms with Crippen molar-refractivity contribution in [1.82, 2.24) is 0 Å². The van der Waals surface area contributed by atoms with E-state index in [0.29, 0.717) is 44.9 Å². The number of benzene rings is 4. The summed E-state index contributed by atoms with van der Waals surface area (Å²) in [5, 5.41) is 0.743. The number of hydrogen-bond acceptors (Lipinski definition) is 5. The number of Topliss-reactive ketones (excluding diaryl/α,β-unsaturated/α-hetero) is 4. The van der Waals surface area contributed by atoms with Crippen LogP contribution in [0.1, 0.15) is 41.4 Å². The topological polar surface area (TPSA) is 77.5 Å². The van der Waals surface area contributed by atoms with Crippen molar-refractivity contribution in [3.05, 3.63) is 107 Å². The van der Waals surface area contributed by atoms with Gasteiger partial charge in [-0.25, -0.2) is 0 Å². The molecule has 4 rings (SSSR count). The van der Waals surface area contributed by atoms with Gasteiger partial charge in [0.15, 0.2) is 23.1 Å². The van der Waals surface area contributed by atoms with Gasteiger partial charge in [-0.05, 0) is 35.4 Å². The molecule has 4 aromatic carbocycles. The molecule has 41 heavy (non-hydrogen) atoms. The molecule has 0 radical (unpaired) electrons. The van der Waals surface area contributed by atoms with E-state index in [1.165, 1.54) is 0 Å². The Morgan fingerprint density at radius 3 is 1.05 bits per heavy atom. The van der Waals surface area contributed by atoms with Crippen LogP contribution in [0.15, 0.2) is 84.9 Å². The van der Waals surface area contributed by atoms with Crippen LogP contribution >= 0.6 is 63.7 Å². The second kappa shape index (κ2) is 14.4. The maximum absolute atomic E-state index is 12.6. The molecule has 0 aliphatic rings. The predicted molar refractivity (Wildman–Crippen MR) is 176 cm³/mol. The Hall–Kier alpha value is -2.72. The fourth-order valence-corrected chi connectivity index (χ4v) is 5.43. The molecule has 0 heterocycles. The van der Waals surface area contributed by atoms with Crippen LogP contribution in [0.25, 0.3) is 22.3 Å². The van der Waals surface area contributed by atoms with Gasteiger partial charge in [-0.15, -0.1) is 0 Å². The molecular weight excluding hydrogens is 784 g/mol. The minimum absolute atomic E-state index is 0.0342. The predicted octanol–water partition coefficient (Wildman–Crippen LogP) is 9.12. The van der Waals surface area contributed by atoms with Crippen LogP contribution in [0.5, 0.6) is 11.5 Å². The van der Waals surface area contributed by atoms with Crippen LogP contribution in [0, 0.1) is 0 Å². The van der Waals surface area contributed by atoms with Gasteiger partial charge in [0.1, 0.15) is 11.5 Å². The van der Waals surface area contributed by atoms with Crippen molar-refractivity contribution in [2.75, 3.05) is 21.3 Å². The van der Waals surface area contributed by atoms with Gasteiger partial charge in [0.25, 0.3) is 0 Å². The molecule has 0 aromatic heterocycles. The van der Waals surface area contributed by atoms with E-state index in [0.717, 1.165) is 11.1 Å². The number of hydrogen-bond donors (Lipinski definition) is 0. The number of rotatable bonds is 12. The molecular formula is C32H22Br4O5. The molecule has 208 valence electrons. The molecule has 9 heteroatoms. The number of carbonyl (C=O) groups is 4. The lowest BCUT2D eigenvalue weighted by Crippen LogP contribution is -2.03. The molecule has 0 spiro atoms. The number of alkyl halides is 4. The van der Waals surface area contributed by atoms with Gasteiger partial charge in [0.05, 0.1) is 21.3 Å². The van der Waals surface area contributed by atoms with Crippen molar-refractivity contribution in [3.63, 3.8) is 0 Å². The number of ether oxygens (including phenoxy) is 1. The summed E-state index contributed by atoms with van der Waals surface area (Å²) in [7, 11) is 0. The third-order valence-electron chi connectivity index (χ3n) is 6.35. The Balaban J connectivity index is 1.85. The third-order valence-corrected chi connectivity index (χ3v) is 8.39. The van der Waals surface area contributed by atoms with Crippen LogP contribution < -0.4 is 4.74 Å². The first-order chi connectivity index (χ1) is 19.8. The minimum atomic E-state index is -0.116. The largest absolute Gasteiger partial charge is 0.456 e. The van der Waals surface area contributed by atoms with Gasteiger partial charge in [-0.1, -0.05) is 124 Å². The fraction of sp³-hybridized carbons (Fsp3) is 0.125. The average molecular weight is 806 g/mol. The van der Waals surface area contributed by atoms with E-state index < -0.39 is 0 Å². The van der Waals surface area contributed by atoms with E-state index in [2.05, 4.69) is 63.7 Å². The summed E-state index contributed by atoms with van der Waals surface area (Å²) in [6.45, 7) is 0. The summed E-state index contributed by atoms with van der Waals surface area (Å²) < 4.78 is 6.53. The Kier molecular flexibility index (Phi) is 11.0. The Labute approximate surface area is 271 Å². The first-order valence-corrected chi connectivity index (χ1v) is 16.8. The molecule has 0 saturated carbocycles. The van der Waals surface area contributed by atoms with Crippen molar-refractivity contribution < 1.29 is 23.9 Å². The van der Waals surface area contributed by atoms with Crippen molar-refractivity contribution in [1.29, 1.82) is 0 Å². The Morgan fingerprint density at radius 2 is 0.732 bits per heavy atom. The lowest BCUT2D eigenvalue weighted by atomic mass is 9.98. The standard InChI is InChI=1S/C32H22Br4O5/c33-15-27(37)21-5-1-19(2-6-21)25-11-9-23(29(39)17-35)13-31(25)41-32-14-24(30(40)18-36)10-12-26(32)20-3-7-22(8-4-20)28(38)16-34/h1-14H,15-18H2. The molecule has 0 aliphatic heterocycles. The van der Waals surface area contributed by atoms with E-state index in [-0.39, 0.29) is 44.5 Å². The maximum atomic E-state index is 12.6. The summed E-state index contributed by atoms with van der Waals surface area (Å²) >= 11 is 12.9. The minimum Gasteiger partial charge on any atom is -0.456 e. The van der Waals surface area contributed by atoms with Crippen molar-refractivity contribution >= 4 is 86.9 Å². The van der Waals surface area contributed by atoms with Gasteiger partial charge >= 0.3 is 0 Å². The number of ketones is 4. The molecule has 4 aromatic rings. The van der Waals surface area contributed by atoms with Crippen molar-refractivity contribution in [2.45, 2.75) is 0 Å².